The first-order chi connectivity index (χ1) is 12.4. The van der Waals surface area contributed by atoms with Crippen molar-refractivity contribution in [1.29, 1.82) is 0 Å². The summed E-state index contributed by atoms with van der Waals surface area (Å²) in [5.74, 6) is -0.500. The monoisotopic (exact) mass is 443 g/mol. The standard InChI is InChI=1S/C14H12BrN3O4.C2H6.CH4S/c1-6-16-9-5-11(19)8(15)4-7(9)14(22)18(6)10-2-3-12(20)17-13(10)21;2*1-2/h4-5,10,19H,2-3H2,1H3,(H,17,20,21);1-2H3;2H,1H3. The SMILES string of the molecule is CC.CS.Cc1nc2cc(O)c(Br)cc2c(=O)n1C1CCC(=O)NC1=O. The normalized spacial score (nSPS) is 16.2. The highest BCUT2D eigenvalue weighted by molar-refractivity contribution is 9.10. The number of aromatic nitrogens is 2. The minimum absolute atomic E-state index is 0.0162. The zero-order valence-corrected chi connectivity index (χ0v) is 17.5. The summed E-state index contributed by atoms with van der Waals surface area (Å²) in [6, 6.07) is 2.11. The number of hydrogen-bond acceptors (Lipinski definition) is 6. The highest BCUT2D eigenvalue weighted by Gasteiger charge is 2.30. The van der Waals surface area contributed by atoms with Crippen LogP contribution in [0.15, 0.2) is 21.4 Å². The van der Waals surface area contributed by atoms with E-state index in [0.29, 0.717) is 21.2 Å². The molecule has 3 rings (SSSR count). The van der Waals surface area contributed by atoms with Gasteiger partial charge in [0.05, 0.1) is 15.4 Å². The van der Waals surface area contributed by atoms with Crippen LogP contribution in [0.5, 0.6) is 5.75 Å². The molecule has 0 spiro atoms. The van der Waals surface area contributed by atoms with E-state index in [-0.39, 0.29) is 30.1 Å². The Kier molecular flexibility index (Phi) is 8.29. The largest absolute Gasteiger partial charge is 0.507 e. The molecule has 1 unspecified atom stereocenters. The molecule has 2 heterocycles. The lowest BCUT2D eigenvalue weighted by Crippen LogP contribution is -2.45. The van der Waals surface area contributed by atoms with Crippen molar-refractivity contribution in [3.05, 3.63) is 32.8 Å². The molecule has 2 N–H and O–H groups in total. The van der Waals surface area contributed by atoms with E-state index < -0.39 is 11.9 Å². The lowest BCUT2D eigenvalue weighted by Gasteiger charge is -2.24. The molecule has 26 heavy (non-hydrogen) atoms. The van der Waals surface area contributed by atoms with Crippen molar-refractivity contribution in [2.45, 2.75) is 39.7 Å². The van der Waals surface area contributed by atoms with Crippen LogP contribution in [0.2, 0.25) is 0 Å². The van der Waals surface area contributed by atoms with Gasteiger partial charge in [0.2, 0.25) is 11.8 Å². The average Bonchev–Trinajstić information content (AvgIpc) is 2.62. The fraction of sp³-hybridized carbons (Fsp3) is 0.412. The van der Waals surface area contributed by atoms with Gasteiger partial charge in [-0.2, -0.15) is 12.6 Å². The third-order valence-corrected chi connectivity index (χ3v) is 4.30. The van der Waals surface area contributed by atoms with E-state index in [1.165, 1.54) is 16.7 Å². The van der Waals surface area contributed by atoms with Crippen molar-refractivity contribution in [2.75, 3.05) is 6.26 Å². The number of rotatable bonds is 1. The minimum atomic E-state index is -0.755. The smallest absolute Gasteiger partial charge is 0.262 e. The van der Waals surface area contributed by atoms with Crippen molar-refractivity contribution < 1.29 is 14.7 Å². The predicted octanol–water partition coefficient (Wildman–Crippen LogP) is 2.72. The molecular weight excluding hydrogens is 422 g/mol. The predicted molar refractivity (Wildman–Crippen MR) is 108 cm³/mol. The summed E-state index contributed by atoms with van der Waals surface area (Å²) in [6.07, 6.45) is 2.14. The Morgan fingerprint density at radius 2 is 1.88 bits per heavy atom. The van der Waals surface area contributed by atoms with Crippen LogP contribution in [0, 0.1) is 6.92 Å². The number of fused-ring (bicyclic) bond motifs is 1. The summed E-state index contributed by atoms with van der Waals surface area (Å²) in [7, 11) is 0. The molecule has 9 heteroatoms. The number of nitrogens with one attached hydrogen (secondary N) is 1. The molecule has 0 saturated carbocycles. The van der Waals surface area contributed by atoms with Crippen LogP contribution in [-0.4, -0.2) is 32.7 Å². The maximum atomic E-state index is 12.7. The number of nitrogens with zero attached hydrogens (tertiary/aromatic N) is 2. The van der Waals surface area contributed by atoms with E-state index in [0.717, 1.165) is 0 Å². The number of halogens is 1. The average molecular weight is 444 g/mol. The van der Waals surface area contributed by atoms with Crippen LogP contribution < -0.4 is 10.9 Å². The van der Waals surface area contributed by atoms with Gasteiger partial charge in [-0.05, 0) is 41.6 Å². The van der Waals surface area contributed by atoms with E-state index in [2.05, 4.69) is 38.9 Å². The summed E-state index contributed by atoms with van der Waals surface area (Å²) < 4.78 is 1.67. The van der Waals surface area contributed by atoms with Crippen molar-refractivity contribution in [3.8, 4) is 5.75 Å². The maximum absolute atomic E-state index is 12.7. The Morgan fingerprint density at radius 3 is 2.46 bits per heavy atom. The van der Waals surface area contributed by atoms with Crippen molar-refractivity contribution >= 4 is 51.3 Å². The van der Waals surface area contributed by atoms with E-state index >= 15 is 0 Å². The molecule has 0 aliphatic carbocycles. The summed E-state index contributed by atoms with van der Waals surface area (Å²) in [4.78, 5) is 40.2. The van der Waals surface area contributed by atoms with E-state index in [9.17, 15) is 19.5 Å². The number of aromatic hydroxyl groups is 1. The Bertz CT molecular complexity index is 882. The number of benzene rings is 1. The maximum Gasteiger partial charge on any atom is 0.262 e. The molecule has 0 bridgehead atoms. The molecule has 2 aromatic rings. The van der Waals surface area contributed by atoms with Crippen LogP contribution >= 0.6 is 28.6 Å². The summed E-state index contributed by atoms with van der Waals surface area (Å²) in [5.41, 5.74) is -0.0237. The van der Waals surface area contributed by atoms with E-state index in [4.69, 9.17) is 0 Å². The van der Waals surface area contributed by atoms with Crippen molar-refractivity contribution in [1.82, 2.24) is 14.9 Å². The third-order valence-electron chi connectivity index (χ3n) is 3.67. The molecular formula is C17H22BrN3O4S. The van der Waals surface area contributed by atoms with Crippen LogP contribution in [0.25, 0.3) is 10.9 Å². The molecule has 1 aliphatic heterocycles. The van der Waals surface area contributed by atoms with E-state index in [1.54, 1.807) is 13.2 Å². The van der Waals surface area contributed by atoms with Gasteiger partial charge in [-0.25, -0.2) is 4.98 Å². The summed E-state index contributed by atoms with van der Waals surface area (Å²) in [5, 5.41) is 12.2. The number of aryl methyl sites for hydroxylation is 1. The molecule has 1 fully saturated rings. The number of thiol groups is 1. The second kappa shape index (κ2) is 9.72. The molecule has 2 amide bonds. The van der Waals surface area contributed by atoms with E-state index in [1.807, 2.05) is 13.8 Å². The first kappa shape index (κ1) is 22.2. The molecule has 1 atom stereocenters. The molecule has 1 aliphatic rings. The number of imide groups is 1. The first-order valence-corrected chi connectivity index (χ1v) is 9.77. The lowest BCUT2D eigenvalue weighted by atomic mass is 10.1. The third kappa shape index (κ3) is 4.45. The zero-order valence-electron chi connectivity index (χ0n) is 15.0. The fourth-order valence-corrected chi connectivity index (χ4v) is 2.96. The van der Waals surface area contributed by atoms with Gasteiger partial charge in [-0.15, -0.1) is 0 Å². The minimum Gasteiger partial charge on any atom is -0.507 e. The molecule has 1 aromatic carbocycles. The second-order valence-electron chi connectivity index (χ2n) is 5.12. The first-order valence-electron chi connectivity index (χ1n) is 8.08. The van der Waals surface area contributed by atoms with Crippen molar-refractivity contribution in [3.63, 3.8) is 0 Å². The lowest BCUT2D eigenvalue weighted by molar-refractivity contribution is -0.135. The van der Waals surface area contributed by atoms with Gasteiger partial charge in [-0.3, -0.25) is 24.3 Å². The molecule has 1 aromatic heterocycles. The molecule has 0 radical (unpaired) electrons. The Hall–Kier alpha value is -1.87. The zero-order chi connectivity index (χ0) is 20.0. The number of amides is 2. The van der Waals surface area contributed by atoms with Crippen LogP contribution in [0.3, 0.4) is 0 Å². The highest BCUT2D eigenvalue weighted by Crippen LogP contribution is 2.28. The summed E-state index contributed by atoms with van der Waals surface area (Å²) >= 11 is 6.69. The van der Waals surface area contributed by atoms with Crippen LogP contribution in [-0.2, 0) is 9.59 Å². The number of carbonyl (C=O) groups is 2. The summed E-state index contributed by atoms with van der Waals surface area (Å²) in [6.45, 7) is 5.61. The number of phenols is 1. The quantitative estimate of drug-likeness (QED) is 0.464. The number of piperidine rings is 1. The van der Waals surface area contributed by atoms with Crippen LogP contribution in [0.4, 0.5) is 0 Å². The van der Waals surface area contributed by atoms with Gasteiger partial charge in [0, 0.05) is 12.5 Å². The van der Waals surface area contributed by atoms with Gasteiger partial charge < -0.3 is 5.11 Å². The Balaban J connectivity index is 0.000000791. The second-order valence-corrected chi connectivity index (χ2v) is 5.98. The van der Waals surface area contributed by atoms with Gasteiger partial charge in [-0.1, -0.05) is 13.8 Å². The highest BCUT2D eigenvalue weighted by atomic mass is 79.9. The van der Waals surface area contributed by atoms with Crippen LogP contribution in [0.1, 0.15) is 38.6 Å². The van der Waals surface area contributed by atoms with Gasteiger partial charge in [0.1, 0.15) is 17.6 Å². The molecule has 1 saturated heterocycles. The van der Waals surface area contributed by atoms with Gasteiger partial charge in [0.15, 0.2) is 0 Å². The Labute approximate surface area is 165 Å². The number of carbonyl (C=O) groups excluding carboxylic acids is 2. The van der Waals surface area contributed by atoms with Gasteiger partial charge in [0.25, 0.3) is 5.56 Å². The topological polar surface area (TPSA) is 101 Å². The van der Waals surface area contributed by atoms with Gasteiger partial charge >= 0.3 is 0 Å². The Morgan fingerprint density at radius 1 is 1.27 bits per heavy atom. The molecule has 7 nitrogen and oxygen atoms in total. The van der Waals surface area contributed by atoms with Crippen molar-refractivity contribution in [2.24, 2.45) is 0 Å². The fourth-order valence-electron chi connectivity index (χ4n) is 2.62. The molecule has 142 valence electrons. The number of hydrogen-bond donors (Lipinski definition) is 3. The number of phenolic OH excluding ortho intramolecular Hbond substituents is 1.